The van der Waals surface area contributed by atoms with E-state index in [1.807, 2.05) is 37.4 Å². The van der Waals surface area contributed by atoms with Gasteiger partial charge in [-0.25, -0.2) is 4.39 Å². The van der Waals surface area contributed by atoms with E-state index >= 15 is 0 Å². The molecule has 0 saturated carbocycles. The van der Waals surface area contributed by atoms with Crippen LogP contribution in [-0.2, 0) is 6.54 Å². The van der Waals surface area contributed by atoms with Crippen molar-refractivity contribution in [1.82, 2.24) is 4.90 Å². The Kier molecular flexibility index (Phi) is 5.62. The van der Waals surface area contributed by atoms with Crippen LogP contribution in [0.4, 0.5) is 4.39 Å². The highest BCUT2D eigenvalue weighted by Gasteiger charge is 2.13. The monoisotopic (exact) mass is 289 g/mol. The first-order valence-electron chi connectivity index (χ1n) is 6.78. The molecule has 106 valence electrons. The third kappa shape index (κ3) is 4.09. The summed E-state index contributed by atoms with van der Waals surface area (Å²) in [5.74, 6) is 1.00. The van der Waals surface area contributed by atoms with Gasteiger partial charge in [0.25, 0.3) is 0 Å². The number of thiol groups is 1. The highest BCUT2D eigenvalue weighted by molar-refractivity contribution is 7.80. The van der Waals surface area contributed by atoms with E-state index in [0.29, 0.717) is 12.5 Å². The lowest BCUT2D eigenvalue weighted by Crippen LogP contribution is -2.25. The molecule has 0 spiro atoms. The van der Waals surface area contributed by atoms with E-state index in [-0.39, 0.29) is 5.82 Å². The molecule has 0 bridgehead atoms. The van der Waals surface area contributed by atoms with Gasteiger partial charge in [0.2, 0.25) is 0 Å². The molecule has 2 aromatic rings. The number of likely N-dealkylation sites (N-methyl/N-ethyl adjacent to an activating group) is 1. The van der Waals surface area contributed by atoms with Gasteiger partial charge in [-0.2, -0.15) is 12.6 Å². The summed E-state index contributed by atoms with van der Waals surface area (Å²) in [4.78, 5) is 2.15. The van der Waals surface area contributed by atoms with E-state index in [1.54, 1.807) is 6.07 Å². The number of hydrogen-bond acceptors (Lipinski definition) is 2. The van der Waals surface area contributed by atoms with Crippen molar-refractivity contribution in [2.24, 2.45) is 0 Å². The summed E-state index contributed by atoms with van der Waals surface area (Å²) >= 11 is 4.45. The van der Waals surface area contributed by atoms with Crippen LogP contribution in [0, 0.1) is 5.82 Å². The Balaban J connectivity index is 2.00. The van der Waals surface area contributed by atoms with Crippen molar-refractivity contribution in [3.05, 3.63) is 71.5 Å². The molecule has 0 N–H and O–H groups in total. The minimum absolute atomic E-state index is 0.138. The van der Waals surface area contributed by atoms with Crippen LogP contribution in [0.1, 0.15) is 17.0 Å². The van der Waals surface area contributed by atoms with Gasteiger partial charge in [-0.1, -0.05) is 48.5 Å². The molecule has 0 aromatic heterocycles. The van der Waals surface area contributed by atoms with Gasteiger partial charge in [-0.3, -0.25) is 0 Å². The first kappa shape index (κ1) is 15.1. The standard InChI is InChI=1S/C17H20FNS/c1-19(11-15-9-5-6-10-17(15)18)12-16(13-20)14-7-3-2-4-8-14/h2-10,16,20H,11-13H2,1H3. The van der Waals surface area contributed by atoms with Crippen molar-refractivity contribution >= 4 is 12.6 Å². The molecule has 0 amide bonds. The van der Waals surface area contributed by atoms with Crippen molar-refractivity contribution in [2.75, 3.05) is 19.3 Å². The molecule has 0 aliphatic heterocycles. The first-order valence-corrected chi connectivity index (χ1v) is 7.41. The second-order valence-electron chi connectivity index (χ2n) is 5.08. The van der Waals surface area contributed by atoms with Crippen LogP contribution < -0.4 is 0 Å². The van der Waals surface area contributed by atoms with Gasteiger partial charge >= 0.3 is 0 Å². The maximum Gasteiger partial charge on any atom is 0.127 e. The van der Waals surface area contributed by atoms with Crippen LogP contribution in [0.2, 0.25) is 0 Å². The first-order chi connectivity index (χ1) is 9.70. The summed E-state index contributed by atoms with van der Waals surface area (Å²) < 4.78 is 13.7. The fraction of sp³-hybridized carbons (Fsp3) is 0.294. The molecule has 1 nitrogen and oxygen atoms in total. The van der Waals surface area contributed by atoms with E-state index in [2.05, 4.69) is 29.7 Å². The predicted molar refractivity (Wildman–Crippen MR) is 85.8 cm³/mol. The second-order valence-corrected chi connectivity index (χ2v) is 5.44. The van der Waals surface area contributed by atoms with Crippen LogP contribution in [0.3, 0.4) is 0 Å². The zero-order valence-electron chi connectivity index (χ0n) is 11.7. The second kappa shape index (κ2) is 7.46. The van der Waals surface area contributed by atoms with Crippen LogP contribution in [0.25, 0.3) is 0 Å². The molecular weight excluding hydrogens is 269 g/mol. The van der Waals surface area contributed by atoms with E-state index in [4.69, 9.17) is 0 Å². The lowest BCUT2D eigenvalue weighted by atomic mass is 10.0. The normalized spacial score (nSPS) is 12.6. The maximum absolute atomic E-state index is 13.7. The predicted octanol–water partition coefficient (Wildman–Crippen LogP) is 3.97. The minimum Gasteiger partial charge on any atom is -0.301 e. The van der Waals surface area contributed by atoms with E-state index in [9.17, 15) is 4.39 Å². The quantitative estimate of drug-likeness (QED) is 0.788. The molecule has 0 radical (unpaired) electrons. The Labute approximate surface area is 125 Å². The zero-order chi connectivity index (χ0) is 14.4. The van der Waals surface area contributed by atoms with Crippen molar-refractivity contribution < 1.29 is 4.39 Å². The SMILES string of the molecule is CN(Cc1ccccc1F)CC(CS)c1ccccc1. The van der Waals surface area contributed by atoms with Gasteiger partial charge in [0, 0.05) is 24.6 Å². The fourth-order valence-corrected chi connectivity index (χ4v) is 2.68. The molecule has 0 heterocycles. The lowest BCUT2D eigenvalue weighted by Gasteiger charge is -2.23. The van der Waals surface area contributed by atoms with Crippen LogP contribution in [-0.4, -0.2) is 24.2 Å². The third-order valence-electron chi connectivity index (χ3n) is 3.42. The molecule has 0 aliphatic carbocycles. The van der Waals surface area contributed by atoms with E-state index in [1.165, 1.54) is 11.6 Å². The van der Waals surface area contributed by atoms with Crippen LogP contribution >= 0.6 is 12.6 Å². The van der Waals surface area contributed by atoms with Crippen LogP contribution in [0.5, 0.6) is 0 Å². The molecule has 2 aromatic carbocycles. The number of nitrogens with zero attached hydrogens (tertiary/aromatic N) is 1. The van der Waals surface area contributed by atoms with E-state index < -0.39 is 0 Å². The minimum atomic E-state index is -0.138. The average Bonchev–Trinajstić information content (AvgIpc) is 2.48. The Hall–Kier alpha value is -1.32. The molecule has 0 saturated heterocycles. The summed E-state index contributed by atoms with van der Waals surface area (Å²) in [5, 5.41) is 0. The highest BCUT2D eigenvalue weighted by Crippen LogP contribution is 2.19. The maximum atomic E-state index is 13.7. The number of hydrogen-bond donors (Lipinski definition) is 1. The van der Waals surface area contributed by atoms with Gasteiger partial charge in [-0.05, 0) is 24.4 Å². The number of halogens is 1. The fourth-order valence-electron chi connectivity index (χ4n) is 2.35. The largest absolute Gasteiger partial charge is 0.301 e. The molecule has 1 unspecified atom stereocenters. The lowest BCUT2D eigenvalue weighted by molar-refractivity contribution is 0.306. The summed E-state index contributed by atoms with van der Waals surface area (Å²) in [6.07, 6.45) is 0. The van der Waals surface area contributed by atoms with Crippen molar-refractivity contribution in [2.45, 2.75) is 12.5 Å². The van der Waals surface area contributed by atoms with Gasteiger partial charge in [0.15, 0.2) is 0 Å². The van der Waals surface area contributed by atoms with Crippen molar-refractivity contribution in [1.29, 1.82) is 0 Å². The van der Waals surface area contributed by atoms with E-state index in [0.717, 1.165) is 17.9 Å². The molecule has 2 rings (SSSR count). The van der Waals surface area contributed by atoms with Gasteiger partial charge in [0.1, 0.15) is 5.82 Å². The topological polar surface area (TPSA) is 3.24 Å². The van der Waals surface area contributed by atoms with Gasteiger partial charge in [0.05, 0.1) is 0 Å². The summed E-state index contributed by atoms with van der Waals surface area (Å²) in [5.41, 5.74) is 2.02. The van der Waals surface area contributed by atoms with Gasteiger partial charge in [-0.15, -0.1) is 0 Å². The highest BCUT2D eigenvalue weighted by atomic mass is 32.1. The average molecular weight is 289 g/mol. The van der Waals surface area contributed by atoms with Crippen LogP contribution in [0.15, 0.2) is 54.6 Å². The summed E-state index contributed by atoms with van der Waals surface area (Å²) in [6, 6.07) is 17.3. The Morgan fingerprint density at radius 2 is 1.70 bits per heavy atom. The van der Waals surface area contributed by atoms with Gasteiger partial charge < -0.3 is 4.90 Å². The van der Waals surface area contributed by atoms with Crippen molar-refractivity contribution in [3.8, 4) is 0 Å². The molecular formula is C17H20FNS. The molecule has 3 heteroatoms. The Morgan fingerprint density at radius 1 is 1.05 bits per heavy atom. The number of rotatable bonds is 6. The summed E-state index contributed by atoms with van der Waals surface area (Å²) in [7, 11) is 2.02. The Bertz CT molecular complexity index is 530. The smallest absolute Gasteiger partial charge is 0.127 e. The molecule has 20 heavy (non-hydrogen) atoms. The molecule has 0 fully saturated rings. The molecule has 0 aliphatic rings. The zero-order valence-corrected chi connectivity index (χ0v) is 12.6. The Morgan fingerprint density at radius 3 is 2.35 bits per heavy atom. The number of benzene rings is 2. The van der Waals surface area contributed by atoms with Crippen molar-refractivity contribution in [3.63, 3.8) is 0 Å². The summed E-state index contributed by atoms with van der Waals surface area (Å²) in [6.45, 7) is 1.48. The molecule has 1 atom stereocenters. The third-order valence-corrected chi connectivity index (χ3v) is 3.86.